The third kappa shape index (κ3) is 4.73. The predicted molar refractivity (Wildman–Crippen MR) is 105 cm³/mol. The second-order valence-electron chi connectivity index (χ2n) is 6.48. The Bertz CT molecular complexity index is 832. The van der Waals surface area contributed by atoms with Gasteiger partial charge >= 0.3 is 0 Å². The van der Waals surface area contributed by atoms with Crippen LogP contribution in [-0.2, 0) is 9.59 Å². The average Bonchev–Trinajstić information content (AvgIpc) is 3.06. The molecule has 140 valence electrons. The molecule has 0 aliphatic carbocycles. The monoisotopic (exact) mass is 365 g/mol. The summed E-state index contributed by atoms with van der Waals surface area (Å²) in [5.41, 5.74) is 1.92. The zero-order valence-corrected chi connectivity index (χ0v) is 15.5. The van der Waals surface area contributed by atoms with E-state index in [0.29, 0.717) is 23.2 Å². The maximum atomic E-state index is 12.1. The first-order valence-corrected chi connectivity index (χ1v) is 9.05. The van der Waals surface area contributed by atoms with Crippen LogP contribution in [0.15, 0.2) is 59.7 Å². The number of carbonyl (C=O) groups excluding carboxylic acids is 2. The maximum absolute atomic E-state index is 12.1. The standard InChI is InChI=1S/C21H23N3O3/c1-3-15(2)16-9-11-18(12-10-16)27-14-20(25)22-19-13-21(26)24(23-19)17-7-5-4-6-8-17/h4-12,15H,3,13-14H2,1-2H3,(H,22,23,25). The molecule has 0 saturated carbocycles. The van der Waals surface area contributed by atoms with Gasteiger partial charge in [-0.3, -0.25) is 9.59 Å². The molecular formula is C21H23N3O3. The lowest BCUT2D eigenvalue weighted by atomic mass is 9.99. The molecule has 1 unspecified atom stereocenters. The molecule has 0 aromatic heterocycles. The summed E-state index contributed by atoms with van der Waals surface area (Å²) in [5, 5.41) is 8.12. The van der Waals surface area contributed by atoms with Crippen LogP contribution in [0.3, 0.4) is 0 Å². The van der Waals surface area contributed by atoms with Crippen LogP contribution in [0.25, 0.3) is 0 Å². The maximum Gasteiger partial charge on any atom is 0.263 e. The van der Waals surface area contributed by atoms with Gasteiger partial charge in [-0.2, -0.15) is 10.1 Å². The van der Waals surface area contributed by atoms with E-state index in [-0.39, 0.29) is 24.8 Å². The lowest BCUT2D eigenvalue weighted by Gasteiger charge is -2.11. The molecule has 0 radical (unpaired) electrons. The van der Waals surface area contributed by atoms with Crippen molar-refractivity contribution < 1.29 is 14.3 Å². The van der Waals surface area contributed by atoms with Gasteiger partial charge in [-0.1, -0.05) is 44.2 Å². The van der Waals surface area contributed by atoms with Crippen LogP contribution in [0.5, 0.6) is 5.75 Å². The largest absolute Gasteiger partial charge is 0.484 e. The Balaban J connectivity index is 1.53. The second-order valence-corrected chi connectivity index (χ2v) is 6.48. The summed E-state index contributed by atoms with van der Waals surface area (Å²) in [6.45, 7) is 4.18. The van der Waals surface area contributed by atoms with Crippen molar-refractivity contribution in [2.75, 3.05) is 11.6 Å². The number of ether oxygens (including phenoxy) is 1. The van der Waals surface area contributed by atoms with Crippen molar-refractivity contribution in [3.05, 3.63) is 60.2 Å². The van der Waals surface area contributed by atoms with Gasteiger partial charge in [0.25, 0.3) is 11.8 Å². The summed E-state index contributed by atoms with van der Waals surface area (Å²) in [7, 11) is 0. The number of rotatable bonds is 6. The van der Waals surface area contributed by atoms with E-state index in [1.165, 1.54) is 10.6 Å². The van der Waals surface area contributed by atoms with Gasteiger partial charge in [0.1, 0.15) is 11.6 Å². The van der Waals surface area contributed by atoms with E-state index in [4.69, 9.17) is 4.74 Å². The fourth-order valence-electron chi connectivity index (χ4n) is 2.74. The normalized spacial score (nSPS) is 14.7. The predicted octanol–water partition coefficient (Wildman–Crippen LogP) is 3.45. The topological polar surface area (TPSA) is 71.0 Å². The molecule has 6 heteroatoms. The number of amidine groups is 1. The number of hydrogen-bond donors (Lipinski definition) is 1. The Hall–Kier alpha value is -3.15. The third-order valence-electron chi connectivity index (χ3n) is 4.49. The van der Waals surface area contributed by atoms with Crippen molar-refractivity contribution in [2.24, 2.45) is 5.10 Å². The van der Waals surface area contributed by atoms with Gasteiger partial charge in [-0.15, -0.1) is 0 Å². The van der Waals surface area contributed by atoms with Crippen molar-refractivity contribution in [3.63, 3.8) is 0 Å². The van der Waals surface area contributed by atoms with E-state index < -0.39 is 0 Å². The molecule has 1 aliphatic rings. The number of amides is 2. The van der Waals surface area contributed by atoms with Gasteiger partial charge in [0, 0.05) is 0 Å². The van der Waals surface area contributed by atoms with Crippen LogP contribution in [0.1, 0.15) is 38.2 Å². The Labute approximate surface area is 158 Å². The van der Waals surface area contributed by atoms with E-state index in [1.807, 2.05) is 42.5 Å². The highest BCUT2D eigenvalue weighted by Gasteiger charge is 2.26. The second kappa shape index (κ2) is 8.49. The molecular weight excluding hydrogens is 342 g/mol. The average molecular weight is 365 g/mol. The molecule has 1 atom stereocenters. The molecule has 1 heterocycles. The molecule has 2 aromatic carbocycles. The zero-order chi connectivity index (χ0) is 19.2. The fraction of sp³-hybridized carbons (Fsp3) is 0.286. The summed E-state index contributed by atoms with van der Waals surface area (Å²) < 4.78 is 5.52. The Morgan fingerprint density at radius 3 is 2.56 bits per heavy atom. The Kier molecular flexibility index (Phi) is 5.86. The van der Waals surface area contributed by atoms with Crippen LogP contribution in [-0.4, -0.2) is 24.3 Å². The van der Waals surface area contributed by atoms with Gasteiger partial charge in [-0.05, 0) is 42.2 Å². The van der Waals surface area contributed by atoms with E-state index in [9.17, 15) is 9.59 Å². The Morgan fingerprint density at radius 2 is 1.89 bits per heavy atom. The van der Waals surface area contributed by atoms with Crippen LogP contribution >= 0.6 is 0 Å². The number of hydrazone groups is 1. The molecule has 2 aromatic rings. The van der Waals surface area contributed by atoms with Crippen LogP contribution < -0.4 is 15.1 Å². The zero-order valence-electron chi connectivity index (χ0n) is 15.5. The number of hydrogen-bond acceptors (Lipinski definition) is 4. The summed E-state index contributed by atoms with van der Waals surface area (Å²) in [6, 6.07) is 16.9. The first-order chi connectivity index (χ1) is 13.1. The minimum absolute atomic E-state index is 0.0598. The van der Waals surface area contributed by atoms with E-state index in [0.717, 1.165) is 6.42 Å². The lowest BCUT2D eigenvalue weighted by molar-refractivity contribution is -0.121. The SMILES string of the molecule is CCC(C)c1ccc(OCC(=O)NC2=NN(c3ccccc3)C(=O)C2)cc1. The molecule has 1 aliphatic heterocycles. The smallest absolute Gasteiger partial charge is 0.263 e. The molecule has 1 N–H and O–H groups in total. The molecule has 0 spiro atoms. The summed E-state index contributed by atoms with van der Waals surface area (Å²) in [4.78, 5) is 24.2. The van der Waals surface area contributed by atoms with E-state index in [1.54, 1.807) is 12.1 Å². The highest BCUT2D eigenvalue weighted by molar-refractivity contribution is 6.15. The summed E-state index contributed by atoms with van der Waals surface area (Å²) >= 11 is 0. The molecule has 6 nitrogen and oxygen atoms in total. The van der Waals surface area contributed by atoms with Crippen LogP contribution in [0.2, 0.25) is 0 Å². The number of anilines is 1. The van der Waals surface area contributed by atoms with E-state index in [2.05, 4.69) is 24.3 Å². The number of para-hydroxylation sites is 1. The Morgan fingerprint density at radius 1 is 1.19 bits per heavy atom. The van der Waals surface area contributed by atoms with Crippen molar-refractivity contribution in [1.82, 2.24) is 5.32 Å². The minimum Gasteiger partial charge on any atom is -0.484 e. The molecule has 0 fully saturated rings. The quantitative estimate of drug-likeness (QED) is 0.852. The van der Waals surface area contributed by atoms with Gasteiger partial charge in [-0.25, -0.2) is 0 Å². The summed E-state index contributed by atoms with van der Waals surface area (Å²) in [6.07, 6.45) is 1.13. The summed E-state index contributed by atoms with van der Waals surface area (Å²) in [5.74, 6) is 0.922. The van der Waals surface area contributed by atoms with Gasteiger partial charge in [0.05, 0.1) is 12.1 Å². The van der Waals surface area contributed by atoms with Crippen molar-refractivity contribution >= 4 is 23.3 Å². The highest BCUT2D eigenvalue weighted by atomic mass is 16.5. The molecule has 0 saturated heterocycles. The number of benzene rings is 2. The number of nitrogens with zero attached hydrogens (tertiary/aromatic N) is 2. The third-order valence-corrected chi connectivity index (χ3v) is 4.49. The van der Waals surface area contributed by atoms with Crippen molar-refractivity contribution in [2.45, 2.75) is 32.6 Å². The van der Waals surface area contributed by atoms with E-state index >= 15 is 0 Å². The molecule has 2 amide bonds. The van der Waals surface area contributed by atoms with Crippen molar-refractivity contribution in [1.29, 1.82) is 0 Å². The molecule has 3 rings (SSSR count). The first-order valence-electron chi connectivity index (χ1n) is 9.05. The fourth-order valence-corrected chi connectivity index (χ4v) is 2.74. The van der Waals surface area contributed by atoms with Crippen LogP contribution in [0, 0.1) is 0 Å². The van der Waals surface area contributed by atoms with Gasteiger partial charge in [0.2, 0.25) is 0 Å². The molecule has 0 bridgehead atoms. The van der Waals surface area contributed by atoms with Gasteiger partial charge in [0.15, 0.2) is 6.61 Å². The number of carbonyl (C=O) groups is 2. The first kappa shape index (κ1) is 18.6. The minimum atomic E-state index is -0.345. The van der Waals surface area contributed by atoms with Crippen LogP contribution in [0.4, 0.5) is 5.69 Å². The van der Waals surface area contributed by atoms with Crippen molar-refractivity contribution in [3.8, 4) is 5.75 Å². The molecule has 27 heavy (non-hydrogen) atoms. The number of nitrogens with one attached hydrogen (secondary N) is 1. The highest BCUT2D eigenvalue weighted by Crippen LogP contribution is 2.21. The lowest BCUT2D eigenvalue weighted by Crippen LogP contribution is -2.33. The van der Waals surface area contributed by atoms with Gasteiger partial charge < -0.3 is 10.1 Å².